The Bertz CT molecular complexity index is 750. The van der Waals surface area contributed by atoms with Crippen LogP contribution in [-0.4, -0.2) is 32.5 Å². The van der Waals surface area contributed by atoms with Crippen molar-refractivity contribution >= 4 is 17.7 Å². The molecule has 1 saturated carbocycles. The van der Waals surface area contributed by atoms with E-state index in [0.29, 0.717) is 11.8 Å². The van der Waals surface area contributed by atoms with Gasteiger partial charge >= 0.3 is 0 Å². The van der Waals surface area contributed by atoms with Crippen molar-refractivity contribution in [2.45, 2.75) is 64.1 Å². The minimum absolute atomic E-state index is 0.0880. The number of nitrogens with one attached hydrogen (secondary N) is 1. The zero-order valence-electron chi connectivity index (χ0n) is 15.2. The monoisotopic (exact) mass is 358 g/mol. The lowest BCUT2D eigenvalue weighted by Crippen LogP contribution is -2.37. The van der Waals surface area contributed by atoms with Crippen molar-refractivity contribution in [3.63, 3.8) is 0 Å². The first-order valence-electron chi connectivity index (χ1n) is 8.96. The number of rotatable bonds is 5. The van der Waals surface area contributed by atoms with Gasteiger partial charge < -0.3 is 5.32 Å². The van der Waals surface area contributed by atoms with Gasteiger partial charge in [0.15, 0.2) is 5.16 Å². The Morgan fingerprint density at radius 2 is 1.96 bits per heavy atom. The third kappa shape index (κ3) is 4.42. The molecule has 3 rings (SSSR count). The number of benzene rings is 1. The van der Waals surface area contributed by atoms with Gasteiger partial charge in [0.25, 0.3) is 0 Å². The quantitative estimate of drug-likeness (QED) is 0.827. The number of hydrogen-bond acceptors (Lipinski definition) is 4. The molecule has 1 heterocycles. The van der Waals surface area contributed by atoms with E-state index in [0.717, 1.165) is 29.5 Å². The van der Waals surface area contributed by atoms with Crippen LogP contribution in [0.4, 0.5) is 0 Å². The van der Waals surface area contributed by atoms with Crippen LogP contribution >= 0.6 is 11.8 Å². The van der Waals surface area contributed by atoms with Gasteiger partial charge in [0.1, 0.15) is 5.82 Å². The predicted molar refractivity (Wildman–Crippen MR) is 101 cm³/mol. The molecule has 0 spiro atoms. The second-order valence-electron chi connectivity index (χ2n) is 6.85. The maximum Gasteiger partial charge on any atom is 0.230 e. The zero-order valence-corrected chi connectivity index (χ0v) is 16.0. The van der Waals surface area contributed by atoms with E-state index < -0.39 is 0 Å². The Morgan fingerprint density at radius 1 is 1.20 bits per heavy atom. The van der Waals surface area contributed by atoms with Gasteiger partial charge in [-0.15, -0.1) is 10.2 Å². The number of carbonyl (C=O) groups excluding carboxylic acids is 1. The zero-order chi connectivity index (χ0) is 17.8. The first-order valence-corrected chi connectivity index (χ1v) is 9.95. The van der Waals surface area contributed by atoms with Gasteiger partial charge in [0.2, 0.25) is 5.91 Å². The highest BCUT2D eigenvalue weighted by Crippen LogP contribution is 2.25. The number of nitrogens with zero attached hydrogens (tertiary/aromatic N) is 3. The first-order chi connectivity index (χ1) is 12.0. The average molecular weight is 359 g/mol. The van der Waals surface area contributed by atoms with Crippen molar-refractivity contribution in [3.8, 4) is 5.69 Å². The minimum atomic E-state index is 0.0880. The summed E-state index contributed by atoms with van der Waals surface area (Å²) in [4.78, 5) is 12.3. The Labute approximate surface area is 153 Å². The molecule has 0 saturated heterocycles. The Kier molecular flexibility index (Phi) is 5.78. The highest BCUT2D eigenvalue weighted by atomic mass is 32.2. The number of amides is 1. The fourth-order valence-electron chi connectivity index (χ4n) is 3.32. The summed E-state index contributed by atoms with van der Waals surface area (Å²) in [5, 5.41) is 12.4. The first kappa shape index (κ1) is 18.0. The van der Waals surface area contributed by atoms with Crippen LogP contribution in [0.3, 0.4) is 0 Å². The van der Waals surface area contributed by atoms with Crippen molar-refractivity contribution in [2.24, 2.45) is 0 Å². The molecular weight excluding hydrogens is 332 g/mol. The van der Waals surface area contributed by atoms with E-state index in [9.17, 15) is 4.79 Å². The molecule has 1 aliphatic rings. The van der Waals surface area contributed by atoms with Crippen molar-refractivity contribution < 1.29 is 4.79 Å². The summed E-state index contributed by atoms with van der Waals surface area (Å²) in [6.45, 7) is 6.10. The molecule has 1 aromatic heterocycles. The maximum atomic E-state index is 12.3. The summed E-state index contributed by atoms with van der Waals surface area (Å²) >= 11 is 1.45. The normalized spacial score (nSPS) is 15.3. The van der Waals surface area contributed by atoms with E-state index in [4.69, 9.17) is 0 Å². The van der Waals surface area contributed by atoms with Crippen LogP contribution in [0.15, 0.2) is 23.4 Å². The lowest BCUT2D eigenvalue weighted by molar-refractivity contribution is -0.119. The molecule has 5 nitrogen and oxygen atoms in total. The standard InChI is InChI=1S/C19H26N4OS/c1-13-9-10-14(2)17(11-13)23-15(3)21-22-19(23)25-12-18(24)20-16-7-5-4-6-8-16/h9-11,16H,4-8,12H2,1-3H3,(H,20,24). The Morgan fingerprint density at radius 3 is 2.72 bits per heavy atom. The van der Waals surface area contributed by atoms with E-state index in [1.807, 2.05) is 11.5 Å². The van der Waals surface area contributed by atoms with Crippen LogP contribution in [0.5, 0.6) is 0 Å². The molecule has 134 valence electrons. The van der Waals surface area contributed by atoms with Crippen LogP contribution in [0.2, 0.25) is 0 Å². The fourth-order valence-corrected chi connectivity index (χ4v) is 4.12. The summed E-state index contributed by atoms with van der Waals surface area (Å²) in [5.41, 5.74) is 3.44. The van der Waals surface area contributed by atoms with E-state index in [-0.39, 0.29) is 5.91 Å². The molecule has 2 aromatic rings. The average Bonchev–Trinajstić information content (AvgIpc) is 2.97. The summed E-state index contributed by atoms with van der Waals surface area (Å²) in [6, 6.07) is 6.69. The highest BCUT2D eigenvalue weighted by Gasteiger charge is 2.18. The molecule has 0 unspecified atom stereocenters. The second-order valence-corrected chi connectivity index (χ2v) is 7.79. The van der Waals surface area contributed by atoms with E-state index >= 15 is 0 Å². The minimum Gasteiger partial charge on any atom is -0.353 e. The Hall–Kier alpha value is -1.82. The molecule has 1 aromatic carbocycles. The van der Waals surface area contributed by atoms with Gasteiger partial charge in [-0.1, -0.05) is 43.2 Å². The number of hydrogen-bond donors (Lipinski definition) is 1. The molecule has 0 aliphatic heterocycles. The number of carbonyl (C=O) groups is 1. The third-order valence-electron chi connectivity index (χ3n) is 4.70. The molecule has 1 N–H and O–H groups in total. The van der Waals surface area contributed by atoms with Crippen LogP contribution < -0.4 is 5.32 Å². The number of aromatic nitrogens is 3. The van der Waals surface area contributed by atoms with Crippen molar-refractivity contribution in [2.75, 3.05) is 5.75 Å². The van der Waals surface area contributed by atoms with Crippen molar-refractivity contribution in [1.82, 2.24) is 20.1 Å². The smallest absolute Gasteiger partial charge is 0.230 e. The largest absolute Gasteiger partial charge is 0.353 e. The summed E-state index contributed by atoms with van der Waals surface area (Å²) in [5.74, 6) is 1.30. The van der Waals surface area contributed by atoms with Crippen LogP contribution in [0, 0.1) is 20.8 Å². The number of aryl methyl sites for hydroxylation is 3. The molecule has 1 amide bonds. The van der Waals surface area contributed by atoms with Crippen LogP contribution in [0.1, 0.15) is 49.1 Å². The molecule has 0 radical (unpaired) electrons. The third-order valence-corrected chi connectivity index (χ3v) is 5.63. The summed E-state index contributed by atoms with van der Waals surface area (Å²) in [7, 11) is 0. The number of thioether (sulfide) groups is 1. The Balaban J connectivity index is 1.69. The van der Waals surface area contributed by atoms with E-state index in [1.165, 1.54) is 42.2 Å². The van der Waals surface area contributed by atoms with Gasteiger partial charge in [-0.25, -0.2) is 0 Å². The molecule has 1 aliphatic carbocycles. The molecule has 0 atom stereocenters. The fraction of sp³-hybridized carbons (Fsp3) is 0.526. The van der Waals surface area contributed by atoms with Gasteiger partial charge in [0, 0.05) is 6.04 Å². The second kappa shape index (κ2) is 8.04. The summed E-state index contributed by atoms with van der Waals surface area (Å²) in [6.07, 6.45) is 5.94. The maximum absolute atomic E-state index is 12.3. The van der Waals surface area contributed by atoms with Crippen LogP contribution in [0.25, 0.3) is 5.69 Å². The van der Waals surface area contributed by atoms with Crippen molar-refractivity contribution in [3.05, 3.63) is 35.2 Å². The van der Waals surface area contributed by atoms with Gasteiger partial charge in [0.05, 0.1) is 11.4 Å². The van der Waals surface area contributed by atoms with Gasteiger partial charge in [-0.05, 0) is 50.8 Å². The molecule has 0 bridgehead atoms. The van der Waals surface area contributed by atoms with E-state index in [2.05, 4.69) is 47.6 Å². The lowest BCUT2D eigenvalue weighted by Gasteiger charge is -2.22. The topological polar surface area (TPSA) is 59.8 Å². The SMILES string of the molecule is Cc1ccc(C)c(-n2c(C)nnc2SCC(=O)NC2CCCCC2)c1. The lowest BCUT2D eigenvalue weighted by atomic mass is 9.95. The molecular formula is C19H26N4OS. The van der Waals surface area contributed by atoms with Crippen LogP contribution in [-0.2, 0) is 4.79 Å². The highest BCUT2D eigenvalue weighted by molar-refractivity contribution is 7.99. The van der Waals surface area contributed by atoms with Gasteiger partial charge in [-0.2, -0.15) is 0 Å². The predicted octanol–water partition coefficient (Wildman–Crippen LogP) is 3.73. The molecule has 25 heavy (non-hydrogen) atoms. The van der Waals surface area contributed by atoms with E-state index in [1.54, 1.807) is 0 Å². The molecule has 1 fully saturated rings. The summed E-state index contributed by atoms with van der Waals surface area (Å²) < 4.78 is 2.04. The molecule has 6 heteroatoms. The van der Waals surface area contributed by atoms with Crippen molar-refractivity contribution in [1.29, 1.82) is 0 Å². The van der Waals surface area contributed by atoms with Gasteiger partial charge in [-0.3, -0.25) is 9.36 Å².